The van der Waals surface area contributed by atoms with Gasteiger partial charge in [0.1, 0.15) is 0 Å². The van der Waals surface area contributed by atoms with E-state index in [0.29, 0.717) is 48.3 Å². The average Bonchev–Trinajstić information content (AvgIpc) is 3.17. The van der Waals surface area contributed by atoms with Gasteiger partial charge < -0.3 is 20.1 Å². The van der Waals surface area contributed by atoms with Gasteiger partial charge in [-0.25, -0.2) is 4.98 Å². The molecule has 0 radical (unpaired) electrons. The van der Waals surface area contributed by atoms with Crippen LogP contribution in [0.15, 0.2) is 23.3 Å². The largest absolute Gasteiger partial charge is 0.493 e. The smallest absolute Gasteiger partial charge is 0.261 e. The number of carbonyl (C=O) groups is 1. The summed E-state index contributed by atoms with van der Waals surface area (Å²) in [6.45, 7) is 1.72. The van der Waals surface area contributed by atoms with Crippen LogP contribution in [-0.4, -0.2) is 53.7 Å². The zero-order valence-corrected chi connectivity index (χ0v) is 15.8. The van der Waals surface area contributed by atoms with Crippen LogP contribution in [0.3, 0.4) is 0 Å². The number of likely N-dealkylation sites (tertiary alicyclic amines) is 1. The van der Waals surface area contributed by atoms with Crippen LogP contribution in [0.2, 0.25) is 0 Å². The van der Waals surface area contributed by atoms with Gasteiger partial charge in [-0.3, -0.25) is 14.2 Å². The molecule has 1 aromatic heterocycles. The van der Waals surface area contributed by atoms with Gasteiger partial charge in [0.2, 0.25) is 5.91 Å². The molecule has 1 unspecified atom stereocenters. The topological polar surface area (TPSA) is 99.7 Å². The van der Waals surface area contributed by atoms with Gasteiger partial charge in [0.05, 0.1) is 31.4 Å². The van der Waals surface area contributed by atoms with Gasteiger partial charge in [-0.2, -0.15) is 0 Å². The van der Waals surface area contributed by atoms with E-state index in [1.165, 1.54) is 25.1 Å². The minimum atomic E-state index is -0.158. The van der Waals surface area contributed by atoms with Crippen LogP contribution >= 0.6 is 0 Å². The van der Waals surface area contributed by atoms with Crippen LogP contribution in [0.1, 0.15) is 25.7 Å². The fourth-order valence-electron chi connectivity index (χ4n) is 3.60. The molecule has 146 valence electrons. The Kier molecular flexibility index (Phi) is 5.95. The van der Waals surface area contributed by atoms with Crippen molar-refractivity contribution in [2.24, 2.45) is 5.73 Å². The molecule has 0 spiro atoms. The summed E-state index contributed by atoms with van der Waals surface area (Å²) in [6, 6.07) is 3.48. The highest BCUT2D eigenvalue weighted by atomic mass is 16.5. The lowest BCUT2D eigenvalue weighted by atomic mass is 10.2. The molecule has 1 atom stereocenters. The zero-order valence-electron chi connectivity index (χ0n) is 15.8. The monoisotopic (exact) mass is 374 g/mol. The summed E-state index contributed by atoms with van der Waals surface area (Å²) in [4.78, 5) is 31.4. The molecule has 1 aromatic carbocycles. The van der Waals surface area contributed by atoms with E-state index >= 15 is 0 Å². The molecule has 1 fully saturated rings. The standard InChI is InChI=1S/C19H26N4O4/c1-26-16-9-14-15(10-17(16)27-2)21-12-22(19(14)25)7-4-6-18(24)23-8-3-5-13(23)11-20/h9-10,12-13H,3-8,11,20H2,1-2H3. The van der Waals surface area contributed by atoms with Gasteiger partial charge in [0.25, 0.3) is 5.56 Å². The van der Waals surface area contributed by atoms with Crippen LogP contribution in [0.4, 0.5) is 0 Å². The molecule has 1 aliphatic rings. The number of fused-ring (bicyclic) bond motifs is 1. The number of amides is 1. The van der Waals surface area contributed by atoms with Crippen molar-refractivity contribution in [3.05, 3.63) is 28.8 Å². The Morgan fingerprint density at radius 3 is 2.74 bits per heavy atom. The quantitative estimate of drug-likeness (QED) is 0.780. The third-order valence-corrected chi connectivity index (χ3v) is 5.09. The number of carbonyl (C=O) groups excluding carboxylic acids is 1. The van der Waals surface area contributed by atoms with Crippen LogP contribution in [0.25, 0.3) is 10.9 Å². The van der Waals surface area contributed by atoms with Crippen molar-refractivity contribution >= 4 is 16.8 Å². The fourth-order valence-corrected chi connectivity index (χ4v) is 3.60. The first kappa shape index (κ1) is 19.2. The lowest BCUT2D eigenvalue weighted by Crippen LogP contribution is -2.39. The van der Waals surface area contributed by atoms with E-state index in [9.17, 15) is 9.59 Å². The van der Waals surface area contributed by atoms with Crippen molar-refractivity contribution in [1.82, 2.24) is 14.5 Å². The maximum Gasteiger partial charge on any atom is 0.261 e. The number of aryl methyl sites for hydroxylation is 1. The molecule has 8 nitrogen and oxygen atoms in total. The fraction of sp³-hybridized carbons (Fsp3) is 0.526. The van der Waals surface area contributed by atoms with Crippen molar-refractivity contribution in [1.29, 1.82) is 0 Å². The van der Waals surface area contributed by atoms with E-state index in [4.69, 9.17) is 15.2 Å². The predicted molar refractivity (Wildman–Crippen MR) is 102 cm³/mol. The molecule has 1 aliphatic heterocycles. The first-order chi connectivity index (χ1) is 13.1. The number of methoxy groups -OCH3 is 2. The maximum absolute atomic E-state index is 12.7. The first-order valence-corrected chi connectivity index (χ1v) is 9.19. The van der Waals surface area contributed by atoms with Crippen molar-refractivity contribution in [2.45, 2.75) is 38.3 Å². The van der Waals surface area contributed by atoms with E-state index in [-0.39, 0.29) is 17.5 Å². The second kappa shape index (κ2) is 8.39. The minimum Gasteiger partial charge on any atom is -0.493 e. The molecular weight excluding hydrogens is 348 g/mol. The second-order valence-electron chi connectivity index (χ2n) is 6.69. The number of hydrogen-bond donors (Lipinski definition) is 1. The summed E-state index contributed by atoms with van der Waals surface area (Å²) < 4.78 is 12.0. The summed E-state index contributed by atoms with van der Waals surface area (Å²) in [7, 11) is 3.06. The van der Waals surface area contributed by atoms with E-state index in [1.54, 1.807) is 12.1 Å². The highest BCUT2D eigenvalue weighted by molar-refractivity contribution is 5.81. The van der Waals surface area contributed by atoms with E-state index in [0.717, 1.165) is 19.4 Å². The summed E-state index contributed by atoms with van der Waals surface area (Å²) in [6.07, 6.45) is 4.47. The Morgan fingerprint density at radius 1 is 1.30 bits per heavy atom. The summed E-state index contributed by atoms with van der Waals surface area (Å²) in [5, 5.41) is 0.462. The van der Waals surface area contributed by atoms with Gasteiger partial charge in [0, 0.05) is 38.2 Å². The van der Waals surface area contributed by atoms with Crippen LogP contribution in [-0.2, 0) is 11.3 Å². The summed E-state index contributed by atoms with van der Waals surface area (Å²) in [5.41, 5.74) is 6.12. The number of benzene rings is 1. The number of rotatable bonds is 7. The SMILES string of the molecule is COc1cc2ncn(CCCC(=O)N3CCCC3CN)c(=O)c2cc1OC. The van der Waals surface area contributed by atoms with Crippen molar-refractivity contribution in [3.63, 3.8) is 0 Å². The van der Waals surface area contributed by atoms with Crippen LogP contribution < -0.4 is 20.8 Å². The lowest BCUT2D eigenvalue weighted by molar-refractivity contribution is -0.132. The van der Waals surface area contributed by atoms with Crippen LogP contribution in [0, 0.1) is 0 Å². The molecule has 1 saturated heterocycles. The molecule has 0 saturated carbocycles. The summed E-state index contributed by atoms with van der Waals surface area (Å²) >= 11 is 0. The molecule has 1 amide bonds. The zero-order chi connectivity index (χ0) is 19.4. The molecule has 8 heteroatoms. The van der Waals surface area contributed by atoms with Crippen molar-refractivity contribution < 1.29 is 14.3 Å². The normalized spacial score (nSPS) is 16.7. The molecule has 3 rings (SSSR count). The van der Waals surface area contributed by atoms with Gasteiger partial charge in [-0.15, -0.1) is 0 Å². The molecule has 0 bridgehead atoms. The lowest BCUT2D eigenvalue weighted by Gasteiger charge is -2.23. The highest BCUT2D eigenvalue weighted by Crippen LogP contribution is 2.29. The Bertz CT molecular complexity index is 880. The predicted octanol–water partition coefficient (Wildman–Crippen LogP) is 1.14. The Labute approximate surface area is 157 Å². The third-order valence-electron chi connectivity index (χ3n) is 5.09. The number of nitrogens with zero attached hydrogens (tertiary/aromatic N) is 3. The second-order valence-corrected chi connectivity index (χ2v) is 6.69. The highest BCUT2D eigenvalue weighted by Gasteiger charge is 2.26. The first-order valence-electron chi connectivity index (χ1n) is 9.19. The molecule has 2 aromatic rings. The van der Waals surface area contributed by atoms with Gasteiger partial charge in [-0.1, -0.05) is 0 Å². The maximum atomic E-state index is 12.7. The van der Waals surface area contributed by atoms with Gasteiger partial charge >= 0.3 is 0 Å². The van der Waals surface area contributed by atoms with Crippen LogP contribution in [0.5, 0.6) is 11.5 Å². The molecule has 2 heterocycles. The summed E-state index contributed by atoms with van der Waals surface area (Å²) in [5.74, 6) is 1.12. The average molecular weight is 374 g/mol. The Balaban J connectivity index is 1.71. The van der Waals surface area contributed by atoms with Gasteiger partial charge in [0.15, 0.2) is 11.5 Å². The molecular formula is C19H26N4O4. The molecule has 2 N–H and O–H groups in total. The number of nitrogens with two attached hydrogens (primary N) is 1. The Morgan fingerprint density at radius 2 is 2.04 bits per heavy atom. The molecule has 27 heavy (non-hydrogen) atoms. The van der Waals surface area contributed by atoms with Crippen molar-refractivity contribution in [3.8, 4) is 11.5 Å². The van der Waals surface area contributed by atoms with E-state index < -0.39 is 0 Å². The van der Waals surface area contributed by atoms with E-state index in [2.05, 4.69) is 4.98 Å². The van der Waals surface area contributed by atoms with Gasteiger partial charge in [-0.05, 0) is 25.3 Å². The van der Waals surface area contributed by atoms with E-state index in [1.807, 2.05) is 4.90 Å². The van der Waals surface area contributed by atoms with Crippen molar-refractivity contribution in [2.75, 3.05) is 27.3 Å². The number of ether oxygens (including phenoxy) is 2. The number of hydrogen-bond acceptors (Lipinski definition) is 6. The third kappa shape index (κ3) is 3.90. The molecule has 0 aliphatic carbocycles. The Hall–Kier alpha value is -2.61. The number of aromatic nitrogens is 2. The minimum absolute atomic E-state index is 0.108.